The minimum absolute atomic E-state index is 0.942. The maximum Gasteiger partial charge on any atom is 0.165 e. The van der Waals surface area contributed by atoms with E-state index >= 15 is 0 Å². The van der Waals surface area contributed by atoms with Gasteiger partial charge in [0.15, 0.2) is 5.82 Å². The Balaban J connectivity index is 2.17. The molecule has 2 aromatic rings. The monoisotopic (exact) mass is 243 g/mol. The zero-order valence-electron chi connectivity index (χ0n) is 10.1. The molecule has 0 fully saturated rings. The summed E-state index contributed by atoms with van der Waals surface area (Å²) < 4.78 is 0. The molecule has 1 aromatic carbocycles. The lowest BCUT2D eigenvalue weighted by Crippen LogP contribution is -2.17. The lowest BCUT2D eigenvalue weighted by Gasteiger charge is -2.27. The number of nitrogens with zero attached hydrogens (tertiary/aromatic N) is 3. The van der Waals surface area contributed by atoms with Crippen molar-refractivity contribution in [1.82, 2.24) is 9.97 Å². The lowest BCUT2D eigenvalue weighted by atomic mass is 10.2. The summed E-state index contributed by atoms with van der Waals surface area (Å²) in [6, 6.07) is 6.47. The quantitative estimate of drug-likeness (QED) is 0.709. The van der Waals surface area contributed by atoms with Crippen LogP contribution < -0.4 is 4.90 Å². The third-order valence-corrected chi connectivity index (χ3v) is 3.86. The zero-order valence-corrected chi connectivity index (χ0v) is 10.9. The summed E-state index contributed by atoms with van der Waals surface area (Å²) in [4.78, 5) is 12.4. The van der Waals surface area contributed by atoms with E-state index in [-0.39, 0.29) is 0 Å². The van der Waals surface area contributed by atoms with Crippen LogP contribution in [0.25, 0.3) is 0 Å². The molecule has 0 spiro atoms. The fraction of sp³-hybridized carbons (Fsp3) is 0.231. The van der Waals surface area contributed by atoms with E-state index < -0.39 is 0 Å². The van der Waals surface area contributed by atoms with Gasteiger partial charge in [-0.15, -0.1) is 0 Å². The first-order valence-corrected chi connectivity index (χ1v) is 6.32. The van der Waals surface area contributed by atoms with Gasteiger partial charge in [0, 0.05) is 11.9 Å². The summed E-state index contributed by atoms with van der Waals surface area (Å²) in [5.41, 5.74) is 3.43. The van der Waals surface area contributed by atoms with Crippen LogP contribution in [0.2, 0.25) is 0 Å². The summed E-state index contributed by atoms with van der Waals surface area (Å²) in [6.45, 7) is 4.08. The molecule has 0 radical (unpaired) electrons. The van der Waals surface area contributed by atoms with E-state index in [0.717, 1.165) is 16.5 Å². The van der Waals surface area contributed by atoms with Crippen molar-refractivity contribution in [3.05, 3.63) is 35.7 Å². The Morgan fingerprint density at radius 3 is 2.88 bits per heavy atom. The Bertz CT molecular complexity index is 544. The number of hydrogen-bond acceptors (Lipinski definition) is 4. The van der Waals surface area contributed by atoms with Crippen molar-refractivity contribution in [1.29, 1.82) is 0 Å². The number of aryl methyl sites for hydroxylation is 2. The van der Waals surface area contributed by atoms with Crippen LogP contribution >= 0.6 is 11.8 Å². The van der Waals surface area contributed by atoms with Crippen molar-refractivity contribution in [2.45, 2.75) is 23.8 Å². The molecule has 3 rings (SSSR count). The Kier molecular flexibility index (Phi) is 2.33. The van der Waals surface area contributed by atoms with Crippen molar-refractivity contribution in [3.63, 3.8) is 0 Å². The lowest BCUT2D eigenvalue weighted by molar-refractivity contribution is 0.940. The summed E-state index contributed by atoms with van der Waals surface area (Å²) >= 11 is 1.70. The average molecular weight is 243 g/mol. The number of anilines is 2. The van der Waals surface area contributed by atoms with Gasteiger partial charge in [0.25, 0.3) is 0 Å². The topological polar surface area (TPSA) is 29.0 Å². The first-order chi connectivity index (χ1) is 8.15. The molecule has 0 saturated heterocycles. The fourth-order valence-electron chi connectivity index (χ4n) is 1.95. The van der Waals surface area contributed by atoms with Crippen molar-refractivity contribution in [2.24, 2.45) is 0 Å². The summed E-state index contributed by atoms with van der Waals surface area (Å²) in [7, 11) is 2.04. The van der Waals surface area contributed by atoms with E-state index in [2.05, 4.69) is 40.0 Å². The summed E-state index contributed by atoms with van der Waals surface area (Å²) in [5.74, 6) is 0.942. The minimum Gasteiger partial charge on any atom is -0.326 e. The highest BCUT2D eigenvalue weighted by molar-refractivity contribution is 7.99. The van der Waals surface area contributed by atoms with Gasteiger partial charge < -0.3 is 4.90 Å². The molecular formula is C13H13N3S. The number of aromatic nitrogens is 2. The van der Waals surface area contributed by atoms with Gasteiger partial charge in [0.1, 0.15) is 5.03 Å². The van der Waals surface area contributed by atoms with Crippen molar-refractivity contribution >= 4 is 23.3 Å². The van der Waals surface area contributed by atoms with E-state index in [1.807, 2.05) is 20.2 Å². The molecule has 0 N–H and O–H groups in total. The molecule has 0 amide bonds. The molecule has 1 aliphatic heterocycles. The van der Waals surface area contributed by atoms with Gasteiger partial charge in [-0.05, 0) is 31.5 Å². The molecular weight excluding hydrogens is 230 g/mol. The standard InChI is InChI=1S/C13H13N3S/c1-8-4-5-10-11(6-8)17-13-12(16(10)3)14-7-9(2)15-13/h4-7H,1-3H3. The Morgan fingerprint density at radius 2 is 2.06 bits per heavy atom. The number of fused-ring (bicyclic) bond motifs is 2. The second kappa shape index (κ2) is 3.74. The SMILES string of the molecule is Cc1ccc2c(c1)Sc1nc(C)cnc1N2C. The highest BCUT2D eigenvalue weighted by Crippen LogP contribution is 2.45. The van der Waals surface area contributed by atoms with E-state index in [1.54, 1.807) is 11.8 Å². The van der Waals surface area contributed by atoms with Gasteiger partial charge in [0.05, 0.1) is 17.6 Å². The van der Waals surface area contributed by atoms with Crippen molar-refractivity contribution in [2.75, 3.05) is 11.9 Å². The Labute approximate surface area is 105 Å². The van der Waals surface area contributed by atoms with Gasteiger partial charge in [-0.25, -0.2) is 9.97 Å². The fourth-order valence-corrected chi connectivity index (χ4v) is 3.18. The van der Waals surface area contributed by atoms with Gasteiger partial charge in [-0.2, -0.15) is 0 Å². The molecule has 0 unspecified atom stereocenters. The predicted octanol–water partition coefficient (Wildman–Crippen LogP) is 3.33. The summed E-state index contributed by atoms with van der Waals surface area (Å²) in [5, 5.41) is 0.991. The van der Waals surface area contributed by atoms with Gasteiger partial charge in [-0.1, -0.05) is 17.8 Å². The molecule has 3 nitrogen and oxygen atoms in total. The molecule has 2 heterocycles. The van der Waals surface area contributed by atoms with Gasteiger partial charge >= 0.3 is 0 Å². The third-order valence-electron chi connectivity index (χ3n) is 2.84. The molecule has 1 aliphatic rings. The molecule has 86 valence electrons. The molecule has 0 aliphatic carbocycles. The summed E-state index contributed by atoms with van der Waals surface area (Å²) in [6.07, 6.45) is 1.81. The number of rotatable bonds is 0. The van der Waals surface area contributed by atoms with Crippen LogP contribution in [0.5, 0.6) is 0 Å². The minimum atomic E-state index is 0.942. The number of benzene rings is 1. The highest BCUT2D eigenvalue weighted by Gasteiger charge is 2.22. The van der Waals surface area contributed by atoms with Crippen LogP contribution in [0, 0.1) is 13.8 Å². The molecule has 17 heavy (non-hydrogen) atoms. The van der Waals surface area contributed by atoms with E-state index in [4.69, 9.17) is 0 Å². The van der Waals surface area contributed by atoms with Crippen LogP contribution in [0.15, 0.2) is 34.3 Å². The van der Waals surface area contributed by atoms with Crippen LogP contribution in [0.3, 0.4) is 0 Å². The second-order valence-corrected chi connectivity index (χ2v) is 5.30. The molecule has 4 heteroatoms. The smallest absolute Gasteiger partial charge is 0.165 e. The second-order valence-electron chi connectivity index (χ2n) is 4.27. The maximum atomic E-state index is 4.55. The first kappa shape index (κ1) is 10.6. The van der Waals surface area contributed by atoms with Crippen LogP contribution in [0.1, 0.15) is 11.3 Å². The van der Waals surface area contributed by atoms with Crippen molar-refractivity contribution in [3.8, 4) is 0 Å². The van der Waals surface area contributed by atoms with Crippen LogP contribution in [-0.2, 0) is 0 Å². The first-order valence-electron chi connectivity index (χ1n) is 5.51. The third kappa shape index (κ3) is 1.69. The van der Waals surface area contributed by atoms with Crippen molar-refractivity contribution < 1.29 is 0 Å². The largest absolute Gasteiger partial charge is 0.326 e. The van der Waals surface area contributed by atoms with Gasteiger partial charge in [0.2, 0.25) is 0 Å². The molecule has 0 saturated carbocycles. The number of hydrogen-bond donors (Lipinski definition) is 0. The van der Waals surface area contributed by atoms with Crippen LogP contribution in [-0.4, -0.2) is 17.0 Å². The highest BCUT2D eigenvalue weighted by atomic mass is 32.2. The normalized spacial score (nSPS) is 13.2. The average Bonchev–Trinajstić information content (AvgIpc) is 2.28. The van der Waals surface area contributed by atoms with E-state index in [1.165, 1.54) is 16.1 Å². The molecule has 0 atom stereocenters. The predicted molar refractivity (Wildman–Crippen MR) is 70.1 cm³/mol. The molecule has 0 bridgehead atoms. The Hall–Kier alpha value is -1.55. The van der Waals surface area contributed by atoms with E-state index in [9.17, 15) is 0 Å². The molecule has 1 aromatic heterocycles. The van der Waals surface area contributed by atoms with Crippen LogP contribution in [0.4, 0.5) is 11.5 Å². The zero-order chi connectivity index (χ0) is 12.0. The Morgan fingerprint density at radius 1 is 1.24 bits per heavy atom. The van der Waals surface area contributed by atoms with Gasteiger partial charge in [-0.3, -0.25) is 0 Å². The maximum absolute atomic E-state index is 4.55. The van der Waals surface area contributed by atoms with E-state index in [0.29, 0.717) is 0 Å².